The van der Waals surface area contributed by atoms with Crippen molar-refractivity contribution in [1.29, 1.82) is 0 Å². The zero-order valence-electron chi connectivity index (χ0n) is 16.8. The largest absolute Gasteiger partial charge is 0.484 e. The van der Waals surface area contributed by atoms with Crippen LogP contribution in [0.2, 0.25) is 5.02 Å². The normalized spacial score (nSPS) is 12.0. The smallest absolute Gasteiger partial charge is 0.262 e. The van der Waals surface area contributed by atoms with Crippen LogP contribution < -0.4 is 15.8 Å². The van der Waals surface area contributed by atoms with Crippen LogP contribution in [0, 0.1) is 0 Å². The van der Waals surface area contributed by atoms with Gasteiger partial charge in [-0.15, -0.1) is 11.3 Å². The molecule has 31 heavy (non-hydrogen) atoms. The number of benzene rings is 1. The molecule has 0 bridgehead atoms. The van der Waals surface area contributed by atoms with Gasteiger partial charge in [-0.05, 0) is 25.1 Å². The minimum atomic E-state index is -0.586. The average molecular weight is 455 g/mol. The summed E-state index contributed by atoms with van der Waals surface area (Å²) in [5, 5.41) is 3.18. The van der Waals surface area contributed by atoms with Gasteiger partial charge in [-0.1, -0.05) is 29.8 Å². The van der Waals surface area contributed by atoms with E-state index in [1.165, 1.54) is 11.3 Å². The summed E-state index contributed by atoms with van der Waals surface area (Å²) >= 11 is 7.49. The lowest BCUT2D eigenvalue weighted by Gasteiger charge is -2.16. The van der Waals surface area contributed by atoms with Crippen LogP contribution in [0.15, 0.2) is 54.9 Å². The molecule has 0 aliphatic carbocycles. The lowest BCUT2D eigenvalue weighted by molar-refractivity contribution is 0.0960. The molecule has 3 aromatic heterocycles. The van der Waals surface area contributed by atoms with Crippen LogP contribution in [0.4, 0.5) is 0 Å². The van der Waals surface area contributed by atoms with Crippen molar-refractivity contribution < 1.29 is 14.3 Å². The van der Waals surface area contributed by atoms with Gasteiger partial charge in [-0.25, -0.2) is 4.98 Å². The highest BCUT2D eigenvalue weighted by Gasteiger charge is 2.21. The van der Waals surface area contributed by atoms with Crippen molar-refractivity contribution in [3.8, 4) is 16.3 Å². The third-order valence-electron chi connectivity index (χ3n) is 4.82. The topological polar surface area (TPSA) is 98.7 Å². The molecule has 9 heteroatoms. The number of pyridine rings is 1. The first kappa shape index (κ1) is 20.9. The van der Waals surface area contributed by atoms with Crippen molar-refractivity contribution in [3.05, 3.63) is 75.9 Å². The summed E-state index contributed by atoms with van der Waals surface area (Å²) in [6, 6.07) is 12.6. The second-order valence-corrected chi connectivity index (χ2v) is 8.28. The van der Waals surface area contributed by atoms with E-state index in [0.29, 0.717) is 32.6 Å². The van der Waals surface area contributed by atoms with Crippen molar-refractivity contribution in [2.24, 2.45) is 5.73 Å². The van der Waals surface area contributed by atoms with Crippen molar-refractivity contribution in [1.82, 2.24) is 14.7 Å². The van der Waals surface area contributed by atoms with Crippen LogP contribution in [0.1, 0.15) is 38.6 Å². The average Bonchev–Trinajstić information content (AvgIpc) is 3.36. The third kappa shape index (κ3) is 3.99. The Morgan fingerprint density at radius 2 is 2.03 bits per heavy atom. The number of imidazole rings is 1. The molecule has 1 aromatic carbocycles. The first-order valence-corrected chi connectivity index (χ1v) is 10.6. The van der Waals surface area contributed by atoms with Gasteiger partial charge in [0.15, 0.2) is 0 Å². The summed E-state index contributed by atoms with van der Waals surface area (Å²) in [6.07, 6.45) is 2.99. The Morgan fingerprint density at radius 3 is 2.74 bits per heavy atom. The van der Waals surface area contributed by atoms with Gasteiger partial charge in [0, 0.05) is 29.9 Å². The van der Waals surface area contributed by atoms with E-state index in [9.17, 15) is 9.59 Å². The van der Waals surface area contributed by atoms with E-state index < -0.39 is 12.0 Å². The number of nitrogens with one attached hydrogen (secondary N) is 1. The van der Waals surface area contributed by atoms with Crippen molar-refractivity contribution >= 4 is 40.4 Å². The number of thiophene rings is 1. The van der Waals surface area contributed by atoms with Gasteiger partial charge in [0.2, 0.25) is 0 Å². The fourth-order valence-corrected chi connectivity index (χ4v) is 4.50. The summed E-state index contributed by atoms with van der Waals surface area (Å²) < 4.78 is 7.87. The van der Waals surface area contributed by atoms with Crippen LogP contribution in [0.25, 0.3) is 16.2 Å². The van der Waals surface area contributed by atoms with Gasteiger partial charge in [0.05, 0.1) is 22.3 Å². The zero-order valence-corrected chi connectivity index (χ0v) is 18.3. The summed E-state index contributed by atoms with van der Waals surface area (Å²) in [4.78, 5) is 29.5. The molecule has 3 heterocycles. The summed E-state index contributed by atoms with van der Waals surface area (Å²) in [7, 11) is 1.57. The van der Waals surface area contributed by atoms with Gasteiger partial charge in [-0.2, -0.15) is 0 Å². The SMILES string of the molecule is CNC(=O)c1ccc2ncc(-c3cc(OC(C)c4ccccc4Cl)c(C(N)=O)s3)n2c1. The molecular formula is C22H19ClN4O3S. The molecule has 0 saturated heterocycles. The molecule has 0 radical (unpaired) electrons. The fraction of sp³-hybridized carbons (Fsp3) is 0.136. The first-order chi connectivity index (χ1) is 14.9. The van der Waals surface area contributed by atoms with Crippen LogP contribution in [-0.2, 0) is 0 Å². The van der Waals surface area contributed by atoms with Gasteiger partial charge < -0.3 is 15.8 Å². The molecule has 0 fully saturated rings. The minimum Gasteiger partial charge on any atom is -0.484 e. The van der Waals surface area contributed by atoms with Gasteiger partial charge in [0.1, 0.15) is 22.4 Å². The van der Waals surface area contributed by atoms with Crippen LogP contribution >= 0.6 is 22.9 Å². The van der Waals surface area contributed by atoms with Crippen LogP contribution in [0.5, 0.6) is 5.75 Å². The first-order valence-electron chi connectivity index (χ1n) is 9.43. The van der Waals surface area contributed by atoms with E-state index >= 15 is 0 Å². The van der Waals surface area contributed by atoms with E-state index in [4.69, 9.17) is 22.1 Å². The number of aromatic nitrogens is 2. The van der Waals surface area contributed by atoms with Crippen LogP contribution in [-0.4, -0.2) is 28.2 Å². The van der Waals surface area contributed by atoms with Gasteiger partial charge in [-0.3, -0.25) is 14.0 Å². The maximum absolute atomic E-state index is 12.1. The molecule has 1 unspecified atom stereocenters. The Morgan fingerprint density at radius 1 is 1.26 bits per heavy atom. The summed E-state index contributed by atoms with van der Waals surface area (Å²) in [5.74, 6) is -0.419. The van der Waals surface area contributed by atoms with E-state index in [2.05, 4.69) is 10.3 Å². The minimum absolute atomic E-state index is 0.205. The van der Waals surface area contributed by atoms with Gasteiger partial charge >= 0.3 is 0 Å². The zero-order chi connectivity index (χ0) is 22.1. The number of carbonyl (C=O) groups excluding carboxylic acids is 2. The molecule has 2 amide bonds. The molecule has 4 rings (SSSR count). The number of ether oxygens (including phenoxy) is 1. The molecule has 0 saturated carbocycles. The Kier molecular flexibility index (Phi) is 5.67. The quantitative estimate of drug-likeness (QED) is 0.453. The highest BCUT2D eigenvalue weighted by atomic mass is 35.5. The second-order valence-electron chi connectivity index (χ2n) is 6.82. The maximum atomic E-state index is 12.1. The van der Waals surface area contributed by atoms with E-state index in [-0.39, 0.29) is 5.91 Å². The molecule has 158 valence electrons. The molecule has 0 spiro atoms. The number of nitrogens with zero attached hydrogens (tertiary/aromatic N) is 2. The highest BCUT2D eigenvalue weighted by Crippen LogP contribution is 2.39. The Hall–Kier alpha value is -3.36. The van der Waals surface area contributed by atoms with E-state index in [0.717, 1.165) is 10.4 Å². The molecule has 4 aromatic rings. The highest BCUT2D eigenvalue weighted by molar-refractivity contribution is 7.17. The Balaban J connectivity index is 1.75. The molecule has 3 N–H and O–H groups in total. The summed E-state index contributed by atoms with van der Waals surface area (Å²) in [5.41, 5.74) is 8.29. The standard InChI is InChI=1S/C22H19ClN4O3S/c1-12(14-5-3-4-6-15(14)23)30-17-9-18(31-20(17)21(24)28)16-10-26-19-8-7-13(11-27(16)19)22(29)25-2/h3-12H,1-2H3,(H2,24,28)(H,25,29). The maximum Gasteiger partial charge on any atom is 0.262 e. The van der Waals surface area contributed by atoms with Crippen molar-refractivity contribution in [3.63, 3.8) is 0 Å². The Bertz CT molecular complexity index is 1300. The molecule has 1 atom stereocenters. The molecule has 7 nitrogen and oxygen atoms in total. The third-order valence-corrected chi connectivity index (χ3v) is 6.31. The molecular weight excluding hydrogens is 436 g/mol. The number of halogens is 1. The van der Waals surface area contributed by atoms with Crippen molar-refractivity contribution in [2.45, 2.75) is 13.0 Å². The number of nitrogens with two attached hydrogens (primary N) is 1. The van der Waals surface area contributed by atoms with Crippen LogP contribution in [0.3, 0.4) is 0 Å². The second kappa shape index (κ2) is 8.41. The summed E-state index contributed by atoms with van der Waals surface area (Å²) in [6.45, 7) is 1.85. The van der Waals surface area contributed by atoms with Crippen molar-refractivity contribution in [2.75, 3.05) is 7.05 Å². The number of hydrogen-bond acceptors (Lipinski definition) is 5. The molecule has 0 aliphatic heterocycles. The predicted molar refractivity (Wildman–Crippen MR) is 121 cm³/mol. The number of primary amides is 1. The molecule has 0 aliphatic rings. The fourth-order valence-electron chi connectivity index (χ4n) is 3.26. The Labute approximate surface area is 187 Å². The lowest BCUT2D eigenvalue weighted by atomic mass is 10.1. The number of fused-ring (bicyclic) bond motifs is 1. The van der Waals surface area contributed by atoms with E-state index in [1.54, 1.807) is 48.1 Å². The lowest BCUT2D eigenvalue weighted by Crippen LogP contribution is -2.18. The van der Waals surface area contributed by atoms with E-state index in [1.807, 2.05) is 25.1 Å². The number of rotatable bonds is 6. The number of amides is 2. The number of hydrogen-bond donors (Lipinski definition) is 2. The monoisotopic (exact) mass is 454 g/mol. The number of carbonyl (C=O) groups is 2. The van der Waals surface area contributed by atoms with Gasteiger partial charge in [0.25, 0.3) is 11.8 Å². The predicted octanol–water partition coefficient (Wildman–Crippen LogP) is 4.31.